The maximum atomic E-state index is 14.1. The lowest BCUT2D eigenvalue weighted by atomic mass is 9.94. The Morgan fingerprint density at radius 3 is 1.72 bits per heavy atom. The second kappa shape index (κ2) is 28.2. The molecule has 2 aromatic rings. The molecule has 1 aliphatic heterocycles. The predicted octanol–water partition coefficient (Wildman–Crippen LogP) is -0.959. The molecule has 1 saturated heterocycles. The topological polar surface area (TPSA) is 384 Å². The van der Waals surface area contributed by atoms with E-state index in [9.17, 15) is 43.5 Å². The van der Waals surface area contributed by atoms with Gasteiger partial charge in [-0.2, -0.15) is 0 Å². The van der Waals surface area contributed by atoms with Crippen LogP contribution in [0.25, 0.3) is 10.8 Å². The monoisotopic (exact) mass is 966 g/mol. The van der Waals surface area contributed by atoms with Gasteiger partial charge in [-0.15, -0.1) is 0 Å². The Hall–Kier alpha value is -7.20. The lowest BCUT2D eigenvalue weighted by Crippen LogP contribution is -2.60. The van der Waals surface area contributed by atoms with E-state index in [-0.39, 0.29) is 82.2 Å². The summed E-state index contributed by atoms with van der Waals surface area (Å²) in [6.45, 7) is 7.47. The molecule has 69 heavy (non-hydrogen) atoms. The van der Waals surface area contributed by atoms with Crippen molar-refractivity contribution >= 4 is 70.0 Å². The number of carbonyl (C=O) groups excluding carboxylic acids is 7. The van der Waals surface area contributed by atoms with Gasteiger partial charge >= 0.3 is 5.97 Å². The van der Waals surface area contributed by atoms with Crippen LogP contribution >= 0.6 is 0 Å². The Morgan fingerprint density at radius 2 is 1.19 bits per heavy atom. The van der Waals surface area contributed by atoms with E-state index in [0.717, 1.165) is 10.8 Å². The molecule has 23 nitrogen and oxygen atoms in total. The average molecular weight is 966 g/mol. The minimum atomic E-state index is -1.74. The Labute approximate surface area is 401 Å². The number of piperidine rings is 1. The van der Waals surface area contributed by atoms with Gasteiger partial charge in [-0.05, 0) is 73.3 Å². The molecule has 1 heterocycles. The Bertz CT molecular complexity index is 2160. The molecule has 0 radical (unpaired) electrons. The number of benzene rings is 2. The van der Waals surface area contributed by atoms with Gasteiger partial charge in [0, 0.05) is 32.1 Å². The van der Waals surface area contributed by atoms with Gasteiger partial charge < -0.3 is 70.0 Å². The molecule has 7 amide bonds. The van der Waals surface area contributed by atoms with Gasteiger partial charge in [-0.3, -0.25) is 48.3 Å². The molecule has 16 N–H and O–H groups in total. The third kappa shape index (κ3) is 18.8. The summed E-state index contributed by atoms with van der Waals surface area (Å²) in [4.78, 5) is 116. The molecular weight excluding hydrogens is 895 g/mol. The number of nitrogens with one attached hydrogen (secondary N) is 5. The van der Waals surface area contributed by atoms with E-state index < -0.39 is 89.9 Å². The van der Waals surface area contributed by atoms with Crippen molar-refractivity contribution in [2.45, 2.75) is 116 Å². The van der Waals surface area contributed by atoms with Crippen LogP contribution in [-0.2, 0) is 38.4 Å². The highest BCUT2D eigenvalue weighted by Gasteiger charge is 2.36. The van der Waals surface area contributed by atoms with Gasteiger partial charge in [0.15, 0.2) is 18.5 Å². The van der Waals surface area contributed by atoms with Crippen molar-refractivity contribution in [3.63, 3.8) is 0 Å². The predicted molar refractivity (Wildman–Crippen MR) is 259 cm³/mol. The molecule has 0 aromatic heterocycles. The molecule has 0 spiro atoms. The second-order valence-corrected chi connectivity index (χ2v) is 17.3. The van der Waals surface area contributed by atoms with Gasteiger partial charge in [0.2, 0.25) is 35.4 Å². The Morgan fingerprint density at radius 1 is 0.681 bits per heavy atom. The zero-order chi connectivity index (χ0) is 51.2. The van der Waals surface area contributed by atoms with Crippen molar-refractivity contribution in [2.24, 2.45) is 56.4 Å². The summed E-state index contributed by atoms with van der Waals surface area (Å²) in [7, 11) is 0. The van der Waals surface area contributed by atoms with Crippen LogP contribution in [0.15, 0.2) is 52.4 Å². The third-order valence-corrected chi connectivity index (χ3v) is 12.1. The molecule has 0 aliphatic carbocycles. The number of guanidine groups is 2. The number of primary amides is 1. The van der Waals surface area contributed by atoms with E-state index in [2.05, 4.69) is 36.6 Å². The number of likely N-dealkylation sites (tertiary alicyclic amines) is 1. The molecule has 7 atom stereocenters. The van der Waals surface area contributed by atoms with Gasteiger partial charge in [0.1, 0.15) is 36.0 Å². The summed E-state index contributed by atoms with van der Waals surface area (Å²) >= 11 is 0. The molecular formula is C46H71N13O10. The van der Waals surface area contributed by atoms with Crippen LogP contribution in [0.3, 0.4) is 0 Å². The van der Waals surface area contributed by atoms with Crippen LogP contribution in [0.2, 0.25) is 0 Å². The van der Waals surface area contributed by atoms with E-state index in [1.54, 1.807) is 38.7 Å². The highest BCUT2D eigenvalue weighted by atomic mass is 16.5. The molecule has 0 unspecified atom stereocenters. The minimum absolute atomic E-state index is 0.0525. The SMILES string of the molecule is CC[C@H](C)[C@H](NC(=O)[C@H](CCCN=C(N)N)NC(=O)[C@H](CC(=O)O)NC(=O)[C@@H](NC(=O)[C@H](CCCN=C(N)N)NC(=O)C1CCN(C(=O)COc2ccc3ccccc3c2)CC1)[C@@H](C)CC)C(N)=O. The van der Waals surface area contributed by atoms with E-state index in [4.69, 9.17) is 33.4 Å². The first-order valence-corrected chi connectivity index (χ1v) is 23.3. The quantitative estimate of drug-likeness (QED) is 0.0278. The smallest absolute Gasteiger partial charge is 0.305 e. The largest absolute Gasteiger partial charge is 0.484 e. The lowest BCUT2D eigenvalue weighted by Gasteiger charge is -2.32. The van der Waals surface area contributed by atoms with Crippen molar-refractivity contribution in [3.05, 3.63) is 42.5 Å². The van der Waals surface area contributed by atoms with Crippen molar-refractivity contribution < 1.29 is 48.2 Å². The number of nitrogens with zero attached hydrogens (tertiary/aromatic N) is 3. The number of aliphatic imine (C=N–C) groups is 2. The normalized spacial score (nSPS) is 15.6. The fourth-order valence-electron chi connectivity index (χ4n) is 7.58. The molecule has 3 rings (SSSR count). The molecule has 1 aliphatic rings. The number of hydrogen-bond donors (Lipinski definition) is 11. The van der Waals surface area contributed by atoms with E-state index >= 15 is 0 Å². The molecule has 380 valence electrons. The van der Waals surface area contributed by atoms with Crippen molar-refractivity contribution in [1.82, 2.24) is 31.5 Å². The molecule has 0 saturated carbocycles. The fourth-order valence-corrected chi connectivity index (χ4v) is 7.58. The van der Waals surface area contributed by atoms with Gasteiger partial charge in [0.05, 0.1) is 6.42 Å². The van der Waals surface area contributed by atoms with Gasteiger partial charge in [0.25, 0.3) is 5.91 Å². The number of carboxylic acid groups (broad SMARTS) is 1. The lowest BCUT2D eigenvalue weighted by molar-refractivity contribution is -0.142. The molecule has 2 aromatic carbocycles. The Balaban J connectivity index is 1.74. The highest BCUT2D eigenvalue weighted by Crippen LogP contribution is 2.22. The summed E-state index contributed by atoms with van der Waals surface area (Å²) in [5, 5.41) is 24.8. The summed E-state index contributed by atoms with van der Waals surface area (Å²) in [5.74, 6) is -7.77. The van der Waals surface area contributed by atoms with Crippen LogP contribution in [0.1, 0.15) is 85.5 Å². The molecule has 1 fully saturated rings. The number of aliphatic carboxylic acids is 1. The van der Waals surface area contributed by atoms with Gasteiger partial charge in [-0.25, -0.2) is 0 Å². The first-order chi connectivity index (χ1) is 32.7. The molecule has 23 heteroatoms. The highest BCUT2D eigenvalue weighted by molar-refractivity contribution is 5.98. The third-order valence-electron chi connectivity index (χ3n) is 12.1. The minimum Gasteiger partial charge on any atom is -0.484 e. The number of fused-ring (bicyclic) bond motifs is 1. The van der Waals surface area contributed by atoms with Crippen molar-refractivity contribution in [2.75, 3.05) is 32.8 Å². The van der Waals surface area contributed by atoms with Crippen molar-refractivity contribution in [1.29, 1.82) is 0 Å². The summed E-state index contributed by atoms with van der Waals surface area (Å²) < 4.78 is 5.79. The zero-order valence-corrected chi connectivity index (χ0v) is 39.9. The first kappa shape index (κ1) is 56.1. The maximum absolute atomic E-state index is 14.1. The number of hydrogen-bond acceptors (Lipinski definition) is 11. The van der Waals surface area contributed by atoms with E-state index in [0.29, 0.717) is 31.4 Å². The number of amides is 7. The number of nitrogens with two attached hydrogens (primary N) is 5. The average Bonchev–Trinajstić information content (AvgIpc) is 3.31. The maximum Gasteiger partial charge on any atom is 0.305 e. The standard InChI is InChI=1S/C46H71N13O10/c1-5-26(3)37(39(47)63)57-41(65)33(14-10-20-53-46(50)51)55-43(67)34(24-36(61)62)56-44(68)38(27(4)6-2)58-42(66)32(13-9-19-52-45(48)49)54-40(64)29-17-21-59(22-18-29)35(60)25-69-31-16-15-28-11-7-8-12-30(28)23-31/h7-8,11-12,15-16,23,26-27,29,32-34,37-38H,5-6,9-10,13-14,17-22,24-25H2,1-4H3,(H2,47,63)(H,54,64)(H,55,67)(H,56,68)(H,57,65)(H,58,66)(H,61,62)(H4,48,49,52)(H4,50,51,53)/t26-,27-,32-,33-,34-,37-,38-/m0/s1. The van der Waals surface area contributed by atoms with Crippen LogP contribution in [0.5, 0.6) is 5.75 Å². The van der Waals surface area contributed by atoms with E-state index in [1.807, 2.05) is 36.4 Å². The zero-order valence-electron chi connectivity index (χ0n) is 39.9. The number of rotatable bonds is 28. The summed E-state index contributed by atoms with van der Waals surface area (Å²) in [6, 6.07) is 6.64. The number of carbonyl (C=O) groups is 8. The van der Waals surface area contributed by atoms with Gasteiger partial charge in [-0.1, -0.05) is 70.9 Å². The summed E-state index contributed by atoms with van der Waals surface area (Å²) in [6.07, 6.45) is 0.940. The van der Waals surface area contributed by atoms with Crippen LogP contribution in [0, 0.1) is 17.8 Å². The number of ether oxygens (including phenoxy) is 1. The van der Waals surface area contributed by atoms with E-state index in [1.165, 1.54) is 0 Å². The van der Waals surface area contributed by atoms with Crippen LogP contribution in [0.4, 0.5) is 0 Å². The Kier molecular flexibility index (Phi) is 22.9. The molecule has 0 bridgehead atoms. The first-order valence-electron chi connectivity index (χ1n) is 23.3. The second-order valence-electron chi connectivity index (χ2n) is 17.3. The van der Waals surface area contributed by atoms with Crippen LogP contribution < -0.4 is 60.0 Å². The van der Waals surface area contributed by atoms with Crippen LogP contribution in [-0.4, -0.2) is 132 Å². The number of carboxylic acids is 1. The summed E-state index contributed by atoms with van der Waals surface area (Å²) in [5.41, 5.74) is 27.4. The van der Waals surface area contributed by atoms with Crippen molar-refractivity contribution in [3.8, 4) is 5.75 Å². The fraction of sp³-hybridized carbons (Fsp3) is 0.565.